The predicted octanol–water partition coefficient (Wildman–Crippen LogP) is 5.00. The number of rotatable bonds is 2. The summed E-state index contributed by atoms with van der Waals surface area (Å²) in [5.41, 5.74) is 2.64. The first-order valence-electron chi connectivity index (χ1n) is 12.1. The Morgan fingerprint density at radius 2 is 1.63 bits per heavy atom. The van der Waals surface area contributed by atoms with E-state index in [1.54, 1.807) is 25.7 Å². The van der Waals surface area contributed by atoms with E-state index in [2.05, 4.69) is 6.08 Å². The van der Waals surface area contributed by atoms with Gasteiger partial charge in [-0.25, -0.2) is 0 Å². The molecule has 0 saturated heterocycles. The molecule has 7 fully saturated rings. The van der Waals surface area contributed by atoms with Crippen LogP contribution >= 0.6 is 0 Å². The average molecular weight is 365 g/mol. The lowest BCUT2D eigenvalue weighted by Gasteiger charge is -2.52. The van der Waals surface area contributed by atoms with E-state index in [0.717, 1.165) is 65.6 Å². The zero-order chi connectivity index (χ0) is 17.7. The van der Waals surface area contributed by atoms with Crippen LogP contribution in [0.25, 0.3) is 0 Å². The van der Waals surface area contributed by atoms with Gasteiger partial charge in [0.15, 0.2) is 0 Å². The van der Waals surface area contributed by atoms with E-state index in [9.17, 15) is 9.90 Å². The van der Waals surface area contributed by atoms with Crippen LogP contribution in [-0.4, -0.2) is 11.1 Å². The van der Waals surface area contributed by atoms with Crippen LogP contribution in [0.3, 0.4) is 0 Å². The van der Waals surface area contributed by atoms with E-state index in [1.165, 1.54) is 25.7 Å². The van der Waals surface area contributed by atoms with Crippen molar-refractivity contribution in [2.45, 2.75) is 57.8 Å². The Labute approximate surface area is 162 Å². The van der Waals surface area contributed by atoms with Crippen molar-refractivity contribution in [2.75, 3.05) is 0 Å². The molecule has 0 spiro atoms. The highest BCUT2D eigenvalue weighted by molar-refractivity contribution is 5.71. The quantitative estimate of drug-likeness (QED) is 0.553. The molecule has 11 atom stereocenters. The molecule has 144 valence electrons. The molecule has 2 nitrogen and oxygen atoms in total. The monoisotopic (exact) mass is 364 g/mol. The van der Waals surface area contributed by atoms with Crippen molar-refractivity contribution in [3.63, 3.8) is 0 Å². The van der Waals surface area contributed by atoms with Gasteiger partial charge < -0.3 is 5.11 Å². The van der Waals surface area contributed by atoms with E-state index in [1.807, 2.05) is 5.57 Å². The largest absolute Gasteiger partial charge is 0.481 e. The molecule has 7 saturated carbocycles. The summed E-state index contributed by atoms with van der Waals surface area (Å²) in [5, 5.41) is 9.70. The molecule has 11 unspecified atom stereocenters. The molecular weight excluding hydrogens is 332 g/mol. The number of aliphatic carboxylic acids is 1. The molecule has 0 aromatic heterocycles. The Kier molecular flexibility index (Phi) is 2.53. The van der Waals surface area contributed by atoms with Gasteiger partial charge in [-0.15, -0.1) is 0 Å². The maximum Gasteiger partial charge on any atom is 0.306 e. The number of carbonyl (C=O) groups is 1. The smallest absolute Gasteiger partial charge is 0.306 e. The van der Waals surface area contributed by atoms with Gasteiger partial charge in [-0.2, -0.15) is 0 Å². The Morgan fingerprint density at radius 3 is 2.33 bits per heavy atom. The lowest BCUT2D eigenvalue weighted by atomic mass is 9.52. The second kappa shape index (κ2) is 4.51. The Morgan fingerprint density at radius 1 is 0.889 bits per heavy atom. The highest BCUT2D eigenvalue weighted by Crippen LogP contribution is 2.80. The fraction of sp³-hybridized carbons (Fsp3) is 0.880. The molecule has 8 aliphatic carbocycles. The highest BCUT2D eigenvalue weighted by atomic mass is 16.4. The van der Waals surface area contributed by atoms with Crippen molar-refractivity contribution in [2.24, 2.45) is 76.4 Å². The van der Waals surface area contributed by atoms with E-state index < -0.39 is 5.97 Å². The van der Waals surface area contributed by atoms with Crippen LogP contribution in [0.5, 0.6) is 0 Å². The predicted molar refractivity (Wildman–Crippen MR) is 102 cm³/mol. The van der Waals surface area contributed by atoms with Gasteiger partial charge >= 0.3 is 5.97 Å². The van der Waals surface area contributed by atoms with Crippen LogP contribution in [0.2, 0.25) is 0 Å². The normalized spacial score (nSPS) is 65.9. The van der Waals surface area contributed by atoms with E-state index >= 15 is 0 Å². The van der Waals surface area contributed by atoms with E-state index in [-0.39, 0.29) is 5.92 Å². The minimum atomic E-state index is -0.493. The number of carboxylic acids is 1. The van der Waals surface area contributed by atoms with Crippen LogP contribution < -0.4 is 0 Å². The number of hydrogen-bond acceptors (Lipinski definition) is 1. The van der Waals surface area contributed by atoms with Crippen molar-refractivity contribution in [1.82, 2.24) is 0 Å². The van der Waals surface area contributed by atoms with Crippen molar-refractivity contribution in [3.8, 4) is 0 Å². The molecular formula is C25H32O2. The number of fused-ring (bicyclic) bond motifs is 18. The summed E-state index contributed by atoms with van der Waals surface area (Å²) < 4.78 is 0. The third kappa shape index (κ3) is 1.44. The summed E-state index contributed by atoms with van der Waals surface area (Å²) in [6.07, 6.45) is 15.7. The molecule has 0 radical (unpaired) electrons. The second-order valence-corrected chi connectivity index (χ2v) is 12.1. The molecule has 0 amide bonds. The summed E-state index contributed by atoms with van der Waals surface area (Å²) >= 11 is 0. The first-order chi connectivity index (χ1) is 13.2. The van der Waals surface area contributed by atoms with Gasteiger partial charge in [0.2, 0.25) is 0 Å². The minimum Gasteiger partial charge on any atom is -0.481 e. The van der Waals surface area contributed by atoms with Crippen LogP contribution in [0.1, 0.15) is 57.8 Å². The average Bonchev–Trinajstić information content (AvgIpc) is 3.49. The summed E-state index contributed by atoms with van der Waals surface area (Å²) in [6.45, 7) is 0. The molecule has 27 heavy (non-hydrogen) atoms. The zero-order valence-corrected chi connectivity index (χ0v) is 16.2. The topological polar surface area (TPSA) is 37.3 Å². The second-order valence-electron chi connectivity index (χ2n) is 12.1. The van der Waals surface area contributed by atoms with Gasteiger partial charge in [0.25, 0.3) is 0 Å². The molecule has 1 N–H and O–H groups in total. The maximum absolute atomic E-state index is 11.8. The summed E-state index contributed by atoms with van der Waals surface area (Å²) in [7, 11) is 0. The fourth-order valence-electron chi connectivity index (χ4n) is 12.1. The summed E-state index contributed by atoms with van der Waals surface area (Å²) in [4.78, 5) is 11.8. The van der Waals surface area contributed by atoms with Crippen molar-refractivity contribution in [3.05, 3.63) is 11.6 Å². The molecule has 8 aliphatic rings. The van der Waals surface area contributed by atoms with Crippen molar-refractivity contribution in [1.29, 1.82) is 0 Å². The van der Waals surface area contributed by atoms with Crippen LogP contribution in [0.15, 0.2) is 11.6 Å². The minimum absolute atomic E-state index is 0.0108. The van der Waals surface area contributed by atoms with Crippen LogP contribution in [-0.2, 0) is 4.79 Å². The number of hydrogen-bond donors (Lipinski definition) is 1. The van der Waals surface area contributed by atoms with Crippen molar-refractivity contribution < 1.29 is 9.90 Å². The van der Waals surface area contributed by atoms with Gasteiger partial charge in [-0.3, -0.25) is 4.79 Å². The Hall–Kier alpha value is -0.790. The zero-order valence-electron chi connectivity index (χ0n) is 16.2. The van der Waals surface area contributed by atoms with Crippen molar-refractivity contribution >= 4 is 5.97 Å². The highest BCUT2D eigenvalue weighted by Gasteiger charge is 2.73. The molecule has 8 rings (SSSR count). The lowest BCUT2D eigenvalue weighted by Crippen LogP contribution is -2.46. The van der Waals surface area contributed by atoms with E-state index in [0.29, 0.717) is 11.3 Å². The van der Waals surface area contributed by atoms with Gasteiger partial charge in [-0.1, -0.05) is 11.6 Å². The van der Waals surface area contributed by atoms with Gasteiger partial charge in [0.1, 0.15) is 0 Å². The molecule has 0 aromatic rings. The van der Waals surface area contributed by atoms with Gasteiger partial charge in [0, 0.05) is 5.41 Å². The van der Waals surface area contributed by atoms with Gasteiger partial charge in [-0.05, 0) is 123 Å². The molecule has 0 aliphatic heterocycles. The van der Waals surface area contributed by atoms with Crippen LogP contribution in [0.4, 0.5) is 0 Å². The summed E-state index contributed by atoms with van der Waals surface area (Å²) in [6, 6.07) is 0. The maximum atomic E-state index is 11.8. The third-order valence-corrected chi connectivity index (χ3v) is 12.1. The molecule has 2 heteroatoms. The standard InChI is InChI=1S/C25H32O2/c26-24(27)18-8-13-7-17(18)21-14-9-19(22(13)21)20(10-14)25-15-3-1-11(5-15)23(25)12-2-4-16(25)6-12/h10-19,21-23H,1-9H2,(H,26,27). The van der Waals surface area contributed by atoms with Gasteiger partial charge in [0.05, 0.1) is 5.92 Å². The molecule has 0 aromatic carbocycles. The Balaban J connectivity index is 1.23. The lowest BCUT2D eigenvalue weighted by molar-refractivity contribution is -0.145. The molecule has 0 heterocycles. The fourth-order valence-corrected chi connectivity index (χ4v) is 12.1. The number of allylic oxidation sites excluding steroid dienone is 2. The Bertz CT molecular complexity index is 759. The first-order valence-corrected chi connectivity index (χ1v) is 12.1. The van der Waals surface area contributed by atoms with E-state index in [4.69, 9.17) is 0 Å². The first kappa shape index (κ1) is 15.1. The number of carboxylic acid groups (broad SMARTS) is 1. The SMILES string of the molecule is O=C(O)C1CC2CC1C1C3C=C(C45C6CCC(C6)C4C4CCC5C4)C(C3)C21. The van der Waals surface area contributed by atoms with Crippen LogP contribution in [0, 0.1) is 76.4 Å². The molecule has 8 bridgehead atoms. The third-order valence-electron chi connectivity index (χ3n) is 12.1. The summed E-state index contributed by atoms with van der Waals surface area (Å²) in [5.74, 6) is 9.23.